The maximum atomic E-state index is 9.71. The predicted molar refractivity (Wildman–Crippen MR) is 216 cm³/mol. The van der Waals surface area contributed by atoms with Crippen molar-refractivity contribution in [1.29, 1.82) is 0 Å². The molecule has 12 nitrogen and oxygen atoms in total. The molecule has 0 radical (unpaired) electrons. The van der Waals surface area contributed by atoms with Crippen molar-refractivity contribution in [1.82, 2.24) is 0 Å². The molecule has 12 heteroatoms. The van der Waals surface area contributed by atoms with E-state index in [1.54, 1.807) is 48.5 Å². The summed E-state index contributed by atoms with van der Waals surface area (Å²) in [6.07, 6.45) is 0.820. The van der Waals surface area contributed by atoms with Crippen LogP contribution in [-0.4, -0.2) is 61.3 Å². The van der Waals surface area contributed by atoms with E-state index in [-0.39, 0.29) is 81.3 Å². The second kappa shape index (κ2) is 23.7. The Hall–Kier alpha value is -4.24. The molecule has 12 N–H and O–H groups in total. The second-order valence-electron chi connectivity index (χ2n) is 14.9. The molecule has 0 aliphatic carbocycles. The van der Waals surface area contributed by atoms with E-state index in [1.807, 2.05) is 34.6 Å². The van der Waals surface area contributed by atoms with Crippen molar-refractivity contribution in [3.05, 3.63) is 115 Å². The molecule has 312 valence electrons. The van der Waals surface area contributed by atoms with Gasteiger partial charge in [0.05, 0.1) is 52.9 Å². The van der Waals surface area contributed by atoms with Crippen molar-refractivity contribution in [3.63, 3.8) is 0 Å². The fourth-order valence-corrected chi connectivity index (χ4v) is 5.56. The Morgan fingerprint density at radius 3 is 0.964 bits per heavy atom. The molecular weight excluding hydrogens is 720 g/mol. The van der Waals surface area contributed by atoms with Crippen molar-refractivity contribution in [2.45, 2.75) is 126 Å². The molecule has 0 saturated carbocycles. The fraction of sp³-hybridized carbons (Fsp3) is 0.455. The van der Waals surface area contributed by atoms with Crippen molar-refractivity contribution in [2.75, 3.05) is 0 Å². The largest absolute Gasteiger partial charge is 0.507 e. The molecule has 0 aromatic heterocycles. The zero-order chi connectivity index (χ0) is 42.9. The molecule has 0 heterocycles. The monoisotopic (exact) mass is 784 g/mol. The molecule has 1 unspecified atom stereocenters. The number of aromatic hydroxyl groups is 4. The van der Waals surface area contributed by atoms with Gasteiger partial charge in [-0.2, -0.15) is 0 Å². The average molecular weight is 785 g/mol. The highest BCUT2D eigenvalue weighted by Gasteiger charge is 2.18. The number of aryl methyl sites for hydroxylation is 2. The molecule has 0 bridgehead atoms. The summed E-state index contributed by atoms with van der Waals surface area (Å²) in [5, 5.41) is 110. The maximum absolute atomic E-state index is 9.71. The summed E-state index contributed by atoms with van der Waals surface area (Å²) < 4.78 is 0. The van der Waals surface area contributed by atoms with Crippen LogP contribution < -0.4 is 0 Å². The van der Waals surface area contributed by atoms with Crippen LogP contribution in [-0.2, 0) is 64.7 Å². The third-order valence-electron chi connectivity index (χ3n) is 9.46. The van der Waals surface area contributed by atoms with Crippen LogP contribution in [0.2, 0.25) is 0 Å². The van der Waals surface area contributed by atoms with Crippen molar-refractivity contribution >= 4 is 0 Å². The van der Waals surface area contributed by atoms with Crippen molar-refractivity contribution in [3.8, 4) is 23.0 Å². The zero-order valence-corrected chi connectivity index (χ0v) is 34.0. The molecule has 0 aliphatic heterocycles. The summed E-state index contributed by atoms with van der Waals surface area (Å²) >= 11 is 0. The summed E-state index contributed by atoms with van der Waals surface area (Å²) in [4.78, 5) is 0. The Labute approximate surface area is 330 Å². The van der Waals surface area contributed by atoms with E-state index in [0.717, 1.165) is 28.7 Å². The molecule has 0 fully saturated rings. The number of aliphatic hydroxyl groups is 8. The molecule has 4 rings (SSSR count). The molecule has 0 amide bonds. The Bertz CT molecular complexity index is 1710. The lowest BCUT2D eigenvalue weighted by atomic mass is 9.85. The van der Waals surface area contributed by atoms with Crippen LogP contribution in [0.15, 0.2) is 48.5 Å². The number of rotatable bonds is 11. The summed E-state index contributed by atoms with van der Waals surface area (Å²) in [5.74, 6) is 0.796. The summed E-state index contributed by atoms with van der Waals surface area (Å²) in [6.45, 7) is 14.6. The number of hydrogen-bond acceptors (Lipinski definition) is 12. The summed E-state index contributed by atoms with van der Waals surface area (Å²) in [6, 6.07) is 14.0. The molecule has 0 saturated heterocycles. The first-order chi connectivity index (χ1) is 26.3. The van der Waals surface area contributed by atoms with Gasteiger partial charge in [0.15, 0.2) is 0 Å². The average Bonchev–Trinajstić information content (AvgIpc) is 3.18. The second-order valence-corrected chi connectivity index (χ2v) is 14.9. The number of aliphatic hydroxyl groups excluding tert-OH is 8. The van der Waals surface area contributed by atoms with Gasteiger partial charge in [-0.25, -0.2) is 0 Å². The molecule has 0 spiro atoms. The molecular formula is C44H64O12. The number of phenols is 4. The SMILES string of the molecule is CC(C)(C)c1cc(CO)c(O)c(CO)c1.CC(C)C(C)c1cc(CO)c(O)c(CO)c1.CCc1cc(CO)c(O)c(CO)c1.Cc1cc(CO)c(O)c(CO)c1. The first-order valence-electron chi connectivity index (χ1n) is 18.5. The van der Waals surface area contributed by atoms with E-state index in [2.05, 4.69) is 20.8 Å². The van der Waals surface area contributed by atoms with Crippen LogP contribution in [0.1, 0.15) is 121 Å². The Kier molecular flexibility index (Phi) is 21.1. The minimum absolute atomic E-state index is 0.00204. The van der Waals surface area contributed by atoms with Gasteiger partial charge in [-0.1, -0.05) is 66.2 Å². The van der Waals surface area contributed by atoms with Crippen LogP contribution in [0.3, 0.4) is 0 Å². The van der Waals surface area contributed by atoms with Gasteiger partial charge in [0.2, 0.25) is 0 Å². The number of benzene rings is 4. The summed E-state index contributed by atoms with van der Waals surface area (Å²) in [5.41, 5.74) is 7.65. The van der Waals surface area contributed by atoms with Crippen LogP contribution in [0, 0.1) is 12.8 Å². The number of hydrogen-bond donors (Lipinski definition) is 12. The highest BCUT2D eigenvalue weighted by molar-refractivity contribution is 5.46. The molecule has 1 atom stereocenters. The highest BCUT2D eigenvalue weighted by atomic mass is 16.3. The van der Waals surface area contributed by atoms with Crippen LogP contribution in [0.4, 0.5) is 0 Å². The molecule has 4 aromatic carbocycles. The van der Waals surface area contributed by atoms with E-state index in [9.17, 15) is 20.4 Å². The maximum Gasteiger partial charge on any atom is 0.126 e. The van der Waals surface area contributed by atoms with Gasteiger partial charge < -0.3 is 61.3 Å². The zero-order valence-electron chi connectivity index (χ0n) is 34.0. The minimum Gasteiger partial charge on any atom is -0.507 e. The smallest absolute Gasteiger partial charge is 0.126 e. The highest BCUT2D eigenvalue weighted by Crippen LogP contribution is 2.33. The molecule has 0 aliphatic rings. The van der Waals surface area contributed by atoms with E-state index < -0.39 is 0 Å². The Morgan fingerprint density at radius 1 is 0.446 bits per heavy atom. The normalized spacial score (nSPS) is 11.5. The van der Waals surface area contributed by atoms with E-state index in [1.165, 1.54) is 0 Å². The minimum atomic E-state index is -0.219. The summed E-state index contributed by atoms with van der Waals surface area (Å²) in [7, 11) is 0. The van der Waals surface area contributed by atoms with Crippen LogP contribution >= 0.6 is 0 Å². The first-order valence-corrected chi connectivity index (χ1v) is 18.5. The van der Waals surface area contributed by atoms with Gasteiger partial charge in [0.1, 0.15) is 23.0 Å². The van der Waals surface area contributed by atoms with Gasteiger partial charge in [0.25, 0.3) is 0 Å². The van der Waals surface area contributed by atoms with Gasteiger partial charge >= 0.3 is 0 Å². The fourth-order valence-electron chi connectivity index (χ4n) is 5.56. The van der Waals surface area contributed by atoms with E-state index >= 15 is 0 Å². The Balaban J connectivity index is 0.000000375. The van der Waals surface area contributed by atoms with Gasteiger partial charge in [-0.05, 0) is 83.7 Å². The topological polar surface area (TPSA) is 243 Å². The third kappa shape index (κ3) is 14.1. The first kappa shape index (κ1) is 49.8. The van der Waals surface area contributed by atoms with Crippen LogP contribution in [0.5, 0.6) is 23.0 Å². The standard InChI is InChI=1S/C13H20O3.C12H18O3.C10H14O3.C9H12O3/c1-8(2)9(3)10-4-11(6-14)13(16)12(5-10)7-15;1-12(2,3)10-4-8(6-13)11(15)9(5-10)7-14;1-2-7-3-8(5-11)10(13)9(4-7)6-12;1-6-2-7(4-10)9(12)8(3-6)5-11/h4-5,8-9,14-16H,6-7H2,1-3H3;4-5,13-15H,6-7H2,1-3H3;3-4,11-13H,2,5-6H2,1H3;2-3,10-12H,4-5H2,1H3. The van der Waals surface area contributed by atoms with Crippen molar-refractivity contribution < 1.29 is 61.3 Å². The van der Waals surface area contributed by atoms with Crippen molar-refractivity contribution in [2.24, 2.45) is 5.92 Å². The lowest BCUT2D eigenvalue weighted by Crippen LogP contribution is -2.12. The van der Waals surface area contributed by atoms with E-state index in [0.29, 0.717) is 56.3 Å². The molecule has 4 aromatic rings. The third-order valence-corrected chi connectivity index (χ3v) is 9.46. The Morgan fingerprint density at radius 2 is 0.714 bits per heavy atom. The lowest BCUT2D eigenvalue weighted by Gasteiger charge is -2.21. The predicted octanol–water partition coefficient (Wildman–Crippen LogP) is 5.44. The van der Waals surface area contributed by atoms with Gasteiger partial charge in [0, 0.05) is 44.5 Å². The quantitative estimate of drug-likeness (QED) is 0.0911. The van der Waals surface area contributed by atoms with Gasteiger partial charge in [-0.15, -0.1) is 0 Å². The van der Waals surface area contributed by atoms with Crippen LogP contribution in [0.25, 0.3) is 0 Å². The lowest BCUT2D eigenvalue weighted by molar-refractivity contribution is 0.262. The van der Waals surface area contributed by atoms with E-state index in [4.69, 9.17) is 40.9 Å². The molecule has 56 heavy (non-hydrogen) atoms. The van der Waals surface area contributed by atoms with Gasteiger partial charge in [-0.3, -0.25) is 0 Å².